The van der Waals surface area contributed by atoms with E-state index in [9.17, 15) is 14.3 Å². The lowest BCUT2D eigenvalue weighted by Gasteiger charge is -2.32. The molecule has 3 aliphatic rings. The van der Waals surface area contributed by atoms with Crippen LogP contribution in [0, 0.1) is 18.2 Å². The molecular weight excluding hydrogens is 433 g/mol. The molecule has 0 amide bonds. The molecule has 1 aliphatic carbocycles. The van der Waals surface area contributed by atoms with Gasteiger partial charge in [-0.15, -0.1) is 0 Å². The van der Waals surface area contributed by atoms with E-state index in [1.165, 1.54) is 17.2 Å². The zero-order valence-electron chi connectivity index (χ0n) is 20.3. The van der Waals surface area contributed by atoms with Crippen molar-refractivity contribution in [3.8, 4) is 5.75 Å². The summed E-state index contributed by atoms with van der Waals surface area (Å²) in [5, 5.41) is 9.51. The van der Waals surface area contributed by atoms with Crippen molar-refractivity contribution < 1.29 is 23.8 Å². The van der Waals surface area contributed by atoms with Crippen molar-refractivity contribution in [1.29, 1.82) is 0 Å². The maximum absolute atomic E-state index is 14.0. The zero-order valence-corrected chi connectivity index (χ0v) is 20.3. The van der Waals surface area contributed by atoms with Gasteiger partial charge in [0.2, 0.25) is 0 Å². The molecule has 1 N–H and O–H groups in total. The number of ether oxygens (including phenoxy) is 2. The van der Waals surface area contributed by atoms with E-state index in [1.54, 1.807) is 13.2 Å². The third-order valence-corrected chi connectivity index (χ3v) is 7.14. The Bertz CT molecular complexity index is 1080. The number of piperidine rings is 1. The number of aliphatic carboxylic acids is 1. The summed E-state index contributed by atoms with van der Waals surface area (Å²) >= 11 is 0. The van der Waals surface area contributed by atoms with Gasteiger partial charge in [0, 0.05) is 44.5 Å². The lowest BCUT2D eigenvalue weighted by Crippen LogP contribution is -2.38. The number of hydrogen-bond acceptors (Lipinski definition) is 4. The summed E-state index contributed by atoms with van der Waals surface area (Å²) in [6, 6.07) is 11.1. The number of carbonyl (C=O) groups is 1. The van der Waals surface area contributed by atoms with E-state index in [0.29, 0.717) is 13.2 Å². The summed E-state index contributed by atoms with van der Waals surface area (Å²) in [4.78, 5) is 13.9. The molecule has 2 aromatic carbocycles. The maximum Gasteiger partial charge on any atom is 0.310 e. The number of hydrogen-bond donors (Lipinski definition) is 1. The number of benzene rings is 2. The molecule has 5 rings (SSSR count). The smallest absolute Gasteiger partial charge is 0.310 e. The van der Waals surface area contributed by atoms with Crippen LogP contribution < -0.4 is 4.74 Å². The van der Waals surface area contributed by atoms with E-state index in [0.717, 1.165) is 73.4 Å². The first-order chi connectivity index (χ1) is 16.4. The second-order valence-corrected chi connectivity index (χ2v) is 9.46. The van der Waals surface area contributed by atoms with E-state index >= 15 is 0 Å². The van der Waals surface area contributed by atoms with Crippen LogP contribution in [0.25, 0.3) is 5.57 Å². The summed E-state index contributed by atoms with van der Waals surface area (Å²) in [7, 11) is 1.68. The first-order valence-electron chi connectivity index (χ1n) is 12.1. The second-order valence-electron chi connectivity index (χ2n) is 9.46. The van der Waals surface area contributed by atoms with Crippen molar-refractivity contribution >= 4 is 11.5 Å². The molecule has 2 heterocycles. The molecule has 182 valence electrons. The highest BCUT2D eigenvalue weighted by molar-refractivity contribution is 5.88. The summed E-state index contributed by atoms with van der Waals surface area (Å²) in [6.07, 6.45) is 3.34. The van der Waals surface area contributed by atoms with Gasteiger partial charge in [0.25, 0.3) is 0 Å². The molecule has 0 aromatic heterocycles. The first kappa shape index (κ1) is 24.4. The molecule has 0 radical (unpaired) electrons. The first-order valence-corrected chi connectivity index (χ1v) is 12.1. The Hall–Kier alpha value is -2.70. The van der Waals surface area contributed by atoms with E-state index < -0.39 is 11.4 Å². The van der Waals surface area contributed by atoms with E-state index in [2.05, 4.69) is 22.6 Å². The van der Waals surface area contributed by atoms with Crippen molar-refractivity contribution in [3.05, 3.63) is 70.0 Å². The molecular formula is C28H34FNO4. The zero-order chi connectivity index (χ0) is 24.3. The van der Waals surface area contributed by atoms with Crippen LogP contribution in [0.3, 0.4) is 0 Å². The van der Waals surface area contributed by atoms with Crippen LogP contribution in [0.15, 0.2) is 42.0 Å². The number of carboxylic acid groups (broad SMARTS) is 1. The fourth-order valence-corrected chi connectivity index (χ4v) is 4.91. The highest BCUT2D eigenvalue weighted by Crippen LogP contribution is 2.47. The molecule has 0 unspecified atom stereocenters. The van der Waals surface area contributed by atoms with E-state index in [4.69, 9.17) is 4.74 Å². The highest BCUT2D eigenvalue weighted by Gasteiger charge is 2.51. The Balaban J connectivity index is 0.000000636. The van der Waals surface area contributed by atoms with E-state index in [-0.39, 0.29) is 5.82 Å². The summed E-state index contributed by atoms with van der Waals surface area (Å²) < 4.78 is 24.6. The van der Waals surface area contributed by atoms with Gasteiger partial charge >= 0.3 is 5.97 Å². The normalized spacial score (nSPS) is 18.6. The van der Waals surface area contributed by atoms with Crippen LogP contribution >= 0.6 is 0 Å². The van der Waals surface area contributed by atoms with E-state index in [1.807, 2.05) is 25.1 Å². The van der Waals surface area contributed by atoms with Crippen molar-refractivity contribution in [2.24, 2.45) is 5.41 Å². The number of rotatable bonds is 4. The van der Waals surface area contributed by atoms with Crippen LogP contribution in [0.1, 0.15) is 54.9 Å². The Labute approximate surface area is 201 Å². The quantitative estimate of drug-likeness (QED) is 0.649. The van der Waals surface area contributed by atoms with Crippen LogP contribution in [0.5, 0.6) is 5.75 Å². The fourth-order valence-electron chi connectivity index (χ4n) is 4.91. The van der Waals surface area contributed by atoms with Crippen molar-refractivity contribution in [1.82, 2.24) is 4.90 Å². The summed E-state index contributed by atoms with van der Waals surface area (Å²) in [6.45, 7) is 7.58. The Morgan fingerprint density at radius 1 is 1.21 bits per heavy atom. The molecule has 5 nitrogen and oxygen atoms in total. The van der Waals surface area contributed by atoms with Crippen molar-refractivity contribution in [2.75, 3.05) is 33.4 Å². The van der Waals surface area contributed by atoms with Crippen molar-refractivity contribution in [2.45, 2.75) is 46.1 Å². The lowest BCUT2D eigenvalue weighted by molar-refractivity contribution is -0.144. The van der Waals surface area contributed by atoms with Gasteiger partial charge in [-0.05, 0) is 74.4 Å². The average Bonchev–Trinajstić information content (AvgIpc) is 3.63. The number of fused-ring (bicyclic) bond motifs is 2. The SMILES string of the molecule is CCOC.Cc1cccc2c1C(=C1CCN(CC3(C(=O)O)CC3)CC1)c1ccc(F)cc1CO2. The van der Waals surface area contributed by atoms with Crippen molar-refractivity contribution in [3.63, 3.8) is 0 Å². The van der Waals surface area contributed by atoms with Gasteiger partial charge in [-0.1, -0.05) is 23.8 Å². The minimum Gasteiger partial charge on any atom is -0.488 e. The lowest BCUT2D eigenvalue weighted by atomic mass is 9.84. The largest absolute Gasteiger partial charge is 0.488 e. The maximum atomic E-state index is 14.0. The van der Waals surface area contributed by atoms with Crippen LogP contribution in [-0.4, -0.2) is 49.3 Å². The summed E-state index contributed by atoms with van der Waals surface area (Å²) in [5.41, 5.74) is 6.19. The molecule has 0 spiro atoms. The number of nitrogens with zero attached hydrogens (tertiary/aromatic N) is 1. The monoisotopic (exact) mass is 467 g/mol. The molecule has 34 heavy (non-hydrogen) atoms. The average molecular weight is 468 g/mol. The number of methoxy groups -OCH3 is 1. The fraction of sp³-hybridized carbons (Fsp3) is 0.464. The Kier molecular flexibility index (Phi) is 7.39. The molecule has 1 saturated carbocycles. The van der Waals surface area contributed by atoms with Crippen LogP contribution in [-0.2, 0) is 16.1 Å². The number of likely N-dealkylation sites (tertiary alicyclic amines) is 1. The Morgan fingerprint density at radius 3 is 2.53 bits per heavy atom. The minimum atomic E-state index is -0.659. The van der Waals surface area contributed by atoms with Gasteiger partial charge in [-0.25, -0.2) is 4.39 Å². The van der Waals surface area contributed by atoms with Gasteiger partial charge in [-0.3, -0.25) is 4.79 Å². The number of carboxylic acids is 1. The molecule has 2 aromatic rings. The molecule has 6 heteroatoms. The van der Waals surface area contributed by atoms with Gasteiger partial charge in [0.05, 0.1) is 5.41 Å². The predicted octanol–water partition coefficient (Wildman–Crippen LogP) is 5.44. The van der Waals surface area contributed by atoms with Gasteiger partial charge in [-0.2, -0.15) is 0 Å². The summed E-state index contributed by atoms with van der Waals surface area (Å²) in [5.74, 6) is -0.0602. The molecule has 0 bridgehead atoms. The predicted molar refractivity (Wildman–Crippen MR) is 130 cm³/mol. The van der Waals surface area contributed by atoms with Gasteiger partial charge < -0.3 is 19.5 Å². The molecule has 2 aliphatic heterocycles. The van der Waals surface area contributed by atoms with Crippen LogP contribution in [0.4, 0.5) is 4.39 Å². The molecule has 0 atom stereocenters. The topological polar surface area (TPSA) is 59.0 Å². The molecule has 2 fully saturated rings. The third-order valence-electron chi connectivity index (χ3n) is 7.14. The second kappa shape index (κ2) is 10.3. The minimum absolute atomic E-state index is 0.248. The number of aryl methyl sites for hydroxylation is 1. The Morgan fingerprint density at radius 2 is 1.91 bits per heavy atom. The molecule has 1 saturated heterocycles. The van der Waals surface area contributed by atoms with Gasteiger partial charge in [0.1, 0.15) is 18.2 Å². The standard InChI is InChI=1S/C25H26FNO3.C3H8O/c1-16-3-2-4-21-22(16)23(20-6-5-19(26)13-18(20)14-30-21)17-7-11-27(12-8-17)15-25(9-10-25)24(28)29;1-3-4-2/h2-6,13H,7-12,14-15H2,1H3,(H,28,29);3H2,1-2H3. The van der Waals surface area contributed by atoms with Gasteiger partial charge in [0.15, 0.2) is 0 Å². The highest BCUT2D eigenvalue weighted by atomic mass is 19.1. The number of halogens is 1. The third kappa shape index (κ3) is 5.03. The van der Waals surface area contributed by atoms with Crippen LogP contribution in [0.2, 0.25) is 0 Å².